The molecule has 2 aromatic rings. The third-order valence-electron chi connectivity index (χ3n) is 3.50. The monoisotopic (exact) mass is 372 g/mol. The predicted octanol–water partition coefficient (Wildman–Crippen LogP) is 4.31. The van der Waals surface area contributed by atoms with Crippen LogP contribution in [0.3, 0.4) is 0 Å². The van der Waals surface area contributed by atoms with Gasteiger partial charge in [-0.15, -0.1) is 0 Å². The minimum atomic E-state index is -0.931. The largest absolute Gasteiger partial charge is 0.493 e. The van der Waals surface area contributed by atoms with E-state index in [-0.39, 0.29) is 11.3 Å². The Kier molecular flexibility index (Phi) is 6.89. The van der Waals surface area contributed by atoms with Crippen molar-refractivity contribution in [3.63, 3.8) is 0 Å². The van der Waals surface area contributed by atoms with Crippen molar-refractivity contribution >= 4 is 17.7 Å². The van der Waals surface area contributed by atoms with Gasteiger partial charge in [0.25, 0.3) is 5.91 Å². The van der Waals surface area contributed by atoms with Gasteiger partial charge < -0.3 is 14.8 Å². The lowest BCUT2D eigenvalue weighted by molar-refractivity contribution is -0.112. The van der Waals surface area contributed by atoms with Gasteiger partial charge in [-0.3, -0.25) is 4.79 Å². The van der Waals surface area contributed by atoms with Gasteiger partial charge in [-0.05, 0) is 42.3 Å². The van der Waals surface area contributed by atoms with Crippen LogP contribution >= 0.6 is 0 Å². The number of rotatable bonds is 7. The molecule has 0 saturated heterocycles. The number of carbonyl (C=O) groups excluding carboxylic acids is 1. The minimum absolute atomic E-state index is 0.219. The molecule has 0 aliphatic rings. The number of anilines is 1. The second kappa shape index (κ2) is 9.34. The molecule has 0 aliphatic heterocycles. The highest BCUT2D eigenvalue weighted by molar-refractivity contribution is 6.09. The zero-order chi connectivity index (χ0) is 19.8. The van der Waals surface area contributed by atoms with E-state index < -0.39 is 17.5 Å². The van der Waals surface area contributed by atoms with Crippen LogP contribution in [0.15, 0.2) is 42.0 Å². The van der Waals surface area contributed by atoms with Crippen molar-refractivity contribution in [2.24, 2.45) is 0 Å². The lowest BCUT2D eigenvalue weighted by Gasteiger charge is -2.11. The smallest absolute Gasteiger partial charge is 0.266 e. The normalized spacial score (nSPS) is 10.9. The molecule has 0 aliphatic carbocycles. The maximum Gasteiger partial charge on any atom is 0.266 e. The van der Waals surface area contributed by atoms with Gasteiger partial charge in [-0.2, -0.15) is 5.26 Å². The second-order valence-electron chi connectivity index (χ2n) is 5.51. The van der Waals surface area contributed by atoms with Crippen LogP contribution < -0.4 is 14.8 Å². The summed E-state index contributed by atoms with van der Waals surface area (Å²) in [5.74, 6) is -1.50. The average molecular weight is 372 g/mol. The van der Waals surface area contributed by atoms with E-state index >= 15 is 0 Å². The average Bonchev–Trinajstić information content (AvgIpc) is 2.66. The van der Waals surface area contributed by atoms with Crippen molar-refractivity contribution in [2.75, 3.05) is 19.0 Å². The molecule has 2 aromatic carbocycles. The number of amides is 1. The molecule has 0 aromatic heterocycles. The highest BCUT2D eigenvalue weighted by Gasteiger charge is 2.13. The first kappa shape index (κ1) is 19.9. The summed E-state index contributed by atoms with van der Waals surface area (Å²) in [6, 6.07) is 9.46. The predicted molar refractivity (Wildman–Crippen MR) is 97.4 cm³/mol. The number of carbonyl (C=O) groups is 1. The van der Waals surface area contributed by atoms with E-state index in [2.05, 4.69) is 5.32 Å². The number of benzene rings is 2. The summed E-state index contributed by atoms with van der Waals surface area (Å²) in [5.41, 5.74) is 0.0634. The van der Waals surface area contributed by atoms with Gasteiger partial charge in [0.1, 0.15) is 23.3 Å². The standard InChI is InChI=1S/C20H18F2N2O3/c1-3-8-27-18-7-4-13(10-19(18)26-2)9-14(12-23)20(25)24-17-6-5-15(21)11-16(17)22/h4-7,9-11H,3,8H2,1-2H3,(H,24,25)/b14-9+. The Hall–Kier alpha value is -3.40. The number of nitrogens with zero attached hydrogens (tertiary/aromatic N) is 1. The molecule has 7 heteroatoms. The lowest BCUT2D eigenvalue weighted by Crippen LogP contribution is -2.14. The highest BCUT2D eigenvalue weighted by atomic mass is 19.1. The zero-order valence-electron chi connectivity index (χ0n) is 14.9. The summed E-state index contributed by atoms with van der Waals surface area (Å²) in [7, 11) is 1.48. The highest BCUT2D eigenvalue weighted by Crippen LogP contribution is 2.29. The Bertz CT molecular complexity index is 905. The number of nitriles is 1. The van der Waals surface area contributed by atoms with Crippen molar-refractivity contribution in [1.29, 1.82) is 5.26 Å². The van der Waals surface area contributed by atoms with Crippen molar-refractivity contribution < 1.29 is 23.0 Å². The summed E-state index contributed by atoms with van der Waals surface area (Å²) in [5, 5.41) is 11.5. The van der Waals surface area contributed by atoms with Crippen molar-refractivity contribution in [2.45, 2.75) is 13.3 Å². The van der Waals surface area contributed by atoms with Crippen LogP contribution in [0.4, 0.5) is 14.5 Å². The number of ether oxygens (including phenoxy) is 2. The van der Waals surface area contributed by atoms with Crippen molar-refractivity contribution in [3.8, 4) is 17.6 Å². The Labute approximate surface area is 155 Å². The quantitative estimate of drug-likeness (QED) is 0.581. The molecule has 5 nitrogen and oxygen atoms in total. The molecule has 0 saturated carbocycles. The van der Waals surface area contributed by atoms with Crippen LogP contribution in [0.2, 0.25) is 0 Å². The molecule has 0 atom stereocenters. The zero-order valence-corrected chi connectivity index (χ0v) is 14.9. The Morgan fingerprint density at radius 2 is 2.00 bits per heavy atom. The third kappa shape index (κ3) is 5.28. The fraction of sp³-hybridized carbons (Fsp3) is 0.200. The van der Waals surface area contributed by atoms with E-state index in [1.165, 1.54) is 13.2 Å². The van der Waals surface area contributed by atoms with Crippen LogP contribution in [0.5, 0.6) is 11.5 Å². The molecule has 140 valence electrons. The molecule has 1 N–H and O–H groups in total. The van der Waals surface area contributed by atoms with Gasteiger partial charge in [0.05, 0.1) is 19.4 Å². The van der Waals surface area contributed by atoms with Crippen molar-refractivity contribution in [3.05, 3.63) is 59.2 Å². The molecule has 0 radical (unpaired) electrons. The van der Waals surface area contributed by atoms with Crippen molar-refractivity contribution in [1.82, 2.24) is 0 Å². The molecular formula is C20H18F2N2O3. The molecule has 27 heavy (non-hydrogen) atoms. The van der Waals surface area contributed by atoms with Gasteiger partial charge >= 0.3 is 0 Å². The molecular weight excluding hydrogens is 354 g/mol. The van der Waals surface area contributed by atoms with Gasteiger partial charge in [0.15, 0.2) is 11.5 Å². The molecule has 0 unspecified atom stereocenters. The molecule has 0 heterocycles. The van der Waals surface area contributed by atoms with Crippen LogP contribution in [0.1, 0.15) is 18.9 Å². The summed E-state index contributed by atoms with van der Waals surface area (Å²) >= 11 is 0. The first-order chi connectivity index (χ1) is 13.0. The maximum atomic E-state index is 13.7. The Balaban J connectivity index is 2.24. The van der Waals surface area contributed by atoms with E-state index in [4.69, 9.17) is 9.47 Å². The number of nitrogens with one attached hydrogen (secondary N) is 1. The fourth-order valence-electron chi connectivity index (χ4n) is 2.20. The summed E-state index contributed by atoms with van der Waals surface area (Å²) in [6.07, 6.45) is 2.17. The van der Waals surface area contributed by atoms with Crippen LogP contribution in [0, 0.1) is 23.0 Å². The van der Waals surface area contributed by atoms with E-state index in [0.29, 0.717) is 29.7 Å². The van der Waals surface area contributed by atoms with Crippen LogP contribution in [0.25, 0.3) is 6.08 Å². The second-order valence-corrected chi connectivity index (χ2v) is 5.51. The number of halogens is 2. The maximum absolute atomic E-state index is 13.7. The van der Waals surface area contributed by atoms with E-state index in [9.17, 15) is 18.8 Å². The molecule has 0 fully saturated rings. The minimum Gasteiger partial charge on any atom is -0.493 e. The molecule has 2 rings (SSSR count). The lowest BCUT2D eigenvalue weighted by atomic mass is 10.1. The fourth-order valence-corrected chi connectivity index (χ4v) is 2.20. The summed E-state index contributed by atoms with van der Waals surface area (Å²) in [6.45, 7) is 2.51. The number of hydrogen-bond acceptors (Lipinski definition) is 4. The van der Waals surface area contributed by atoms with Crippen LogP contribution in [-0.2, 0) is 4.79 Å². The van der Waals surface area contributed by atoms with Crippen LogP contribution in [-0.4, -0.2) is 19.6 Å². The summed E-state index contributed by atoms with van der Waals surface area (Å²) in [4.78, 5) is 12.2. The molecule has 1 amide bonds. The third-order valence-corrected chi connectivity index (χ3v) is 3.50. The number of methoxy groups -OCH3 is 1. The van der Waals surface area contributed by atoms with E-state index in [1.54, 1.807) is 24.3 Å². The topological polar surface area (TPSA) is 71.3 Å². The SMILES string of the molecule is CCCOc1ccc(/C=C(\C#N)C(=O)Nc2ccc(F)cc2F)cc1OC. The Morgan fingerprint density at radius 1 is 1.22 bits per heavy atom. The van der Waals surface area contributed by atoms with Gasteiger partial charge in [0.2, 0.25) is 0 Å². The first-order valence-corrected chi connectivity index (χ1v) is 8.17. The van der Waals surface area contributed by atoms with E-state index in [0.717, 1.165) is 18.6 Å². The summed E-state index contributed by atoms with van der Waals surface area (Å²) < 4.78 is 37.4. The van der Waals surface area contributed by atoms with Gasteiger partial charge in [-0.1, -0.05) is 13.0 Å². The molecule has 0 bridgehead atoms. The first-order valence-electron chi connectivity index (χ1n) is 8.17. The Morgan fingerprint density at radius 3 is 2.63 bits per heavy atom. The number of hydrogen-bond donors (Lipinski definition) is 1. The van der Waals surface area contributed by atoms with Gasteiger partial charge in [0, 0.05) is 6.07 Å². The van der Waals surface area contributed by atoms with E-state index in [1.807, 2.05) is 6.92 Å². The van der Waals surface area contributed by atoms with Gasteiger partial charge in [-0.25, -0.2) is 8.78 Å². The molecule has 0 spiro atoms.